The lowest BCUT2D eigenvalue weighted by Gasteiger charge is -2.29. The summed E-state index contributed by atoms with van der Waals surface area (Å²) in [5.74, 6) is 0.753. The largest absolute Gasteiger partial charge is 0.496 e. The maximum absolute atomic E-state index is 12.6. The average molecular weight is 380 g/mol. The third-order valence-corrected chi connectivity index (χ3v) is 4.06. The zero-order valence-electron chi connectivity index (χ0n) is 16.0. The molecular formula is C18H24N2O7. The molecule has 1 aromatic carbocycles. The van der Waals surface area contributed by atoms with Crippen molar-refractivity contribution >= 4 is 12.0 Å². The summed E-state index contributed by atoms with van der Waals surface area (Å²) in [5.41, 5.74) is 1.18. The van der Waals surface area contributed by atoms with E-state index in [0.29, 0.717) is 28.5 Å². The molecule has 1 aromatic rings. The van der Waals surface area contributed by atoms with Crippen LogP contribution in [0, 0.1) is 0 Å². The van der Waals surface area contributed by atoms with Gasteiger partial charge in [-0.15, -0.1) is 0 Å². The first-order chi connectivity index (χ1) is 13.0. The maximum Gasteiger partial charge on any atom is 0.338 e. The monoisotopic (exact) mass is 380 g/mol. The summed E-state index contributed by atoms with van der Waals surface area (Å²) in [6, 6.07) is 2.06. The fourth-order valence-electron chi connectivity index (χ4n) is 2.77. The number of hydrogen-bond donors (Lipinski definition) is 2. The molecule has 0 radical (unpaired) electrons. The molecule has 1 atom stereocenters. The van der Waals surface area contributed by atoms with Crippen molar-refractivity contribution in [1.82, 2.24) is 10.6 Å². The molecule has 9 nitrogen and oxygen atoms in total. The first-order valence-corrected chi connectivity index (χ1v) is 8.21. The second-order valence-electron chi connectivity index (χ2n) is 5.65. The molecule has 27 heavy (non-hydrogen) atoms. The summed E-state index contributed by atoms with van der Waals surface area (Å²) in [7, 11) is 6.00. The second-order valence-corrected chi connectivity index (χ2v) is 5.65. The third-order valence-electron chi connectivity index (χ3n) is 4.06. The predicted octanol–water partition coefficient (Wildman–Crippen LogP) is 1.53. The average Bonchev–Trinajstić information content (AvgIpc) is 2.66. The highest BCUT2D eigenvalue weighted by Gasteiger charge is 2.34. The predicted molar refractivity (Wildman–Crippen MR) is 96.0 cm³/mol. The molecule has 0 spiro atoms. The Bertz CT molecular complexity index is 745. The van der Waals surface area contributed by atoms with Crippen molar-refractivity contribution in [3.63, 3.8) is 0 Å². The van der Waals surface area contributed by atoms with Gasteiger partial charge in [-0.2, -0.15) is 0 Å². The zero-order valence-corrected chi connectivity index (χ0v) is 16.0. The van der Waals surface area contributed by atoms with Gasteiger partial charge in [-0.1, -0.05) is 0 Å². The number of nitrogens with one attached hydrogen (secondary N) is 2. The van der Waals surface area contributed by atoms with E-state index in [0.717, 1.165) is 0 Å². The lowest BCUT2D eigenvalue weighted by atomic mass is 9.94. The number of hydrogen-bond acceptors (Lipinski definition) is 7. The van der Waals surface area contributed by atoms with Gasteiger partial charge in [-0.25, -0.2) is 9.59 Å². The van der Waals surface area contributed by atoms with Crippen LogP contribution in [0.25, 0.3) is 0 Å². The fourth-order valence-corrected chi connectivity index (χ4v) is 2.77. The molecule has 2 rings (SSSR count). The van der Waals surface area contributed by atoms with Gasteiger partial charge >= 0.3 is 12.0 Å². The Labute approximate surface area is 157 Å². The van der Waals surface area contributed by atoms with Crippen molar-refractivity contribution in [3.05, 3.63) is 29.0 Å². The van der Waals surface area contributed by atoms with E-state index in [4.69, 9.17) is 23.7 Å². The van der Waals surface area contributed by atoms with Gasteiger partial charge in [-0.05, 0) is 13.0 Å². The summed E-state index contributed by atoms with van der Waals surface area (Å²) in [4.78, 5) is 24.7. The lowest BCUT2D eigenvalue weighted by Crippen LogP contribution is -2.45. The van der Waals surface area contributed by atoms with Gasteiger partial charge in [-0.3, -0.25) is 0 Å². The summed E-state index contributed by atoms with van der Waals surface area (Å²) < 4.78 is 26.2. The Morgan fingerprint density at radius 2 is 1.63 bits per heavy atom. The van der Waals surface area contributed by atoms with Crippen LogP contribution in [-0.4, -0.2) is 53.7 Å². The van der Waals surface area contributed by atoms with Crippen LogP contribution < -0.4 is 24.8 Å². The Hall–Kier alpha value is -2.94. The summed E-state index contributed by atoms with van der Waals surface area (Å²) in [6.07, 6.45) is 0. The third kappa shape index (κ3) is 4.43. The van der Waals surface area contributed by atoms with Gasteiger partial charge in [0.1, 0.15) is 12.4 Å². The Morgan fingerprint density at radius 3 is 2.22 bits per heavy atom. The van der Waals surface area contributed by atoms with Crippen LogP contribution in [0.1, 0.15) is 18.5 Å². The normalized spacial score (nSPS) is 16.3. The Balaban J connectivity index is 2.51. The SMILES string of the molecule is COCCOC(=O)C1=C(C)NC(=O)NC1c1cc(OC)c(OC)cc1OC. The number of rotatable bonds is 8. The van der Waals surface area contributed by atoms with Gasteiger partial charge in [0, 0.05) is 24.4 Å². The van der Waals surface area contributed by atoms with E-state index >= 15 is 0 Å². The van der Waals surface area contributed by atoms with Crippen molar-refractivity contribution in [1.29, 1.82) is 0 Å². The lowest BCUT2D eigenvalue weighted by molar-refractivity contribution is -0.140. The standard InChI is InChI=1S/C18H24N2O7/c1-10-15(17(21)27-7-6-23-2)16(20-18(22)19-10)11-8-13(25-4)14(26-5)9-12(11)24-3/h8-9,16H,6-7H2,1-5H3,(H2,19,20,22). The van der Waals surface area contributed by atoms with Gasteiger partial charge < -0.3 is 34.3 Å². The molecule has 1 unspecified atom stereocenters. The minimum Gasteiger partial charge on any atom is -0.496 e. The van der Waals surface area contributed by atoms with Crippen molar-refractivity contribution in [2.75, 3.05) is 41.7 Å². The molecule has 1 aliphatic rings. The smallest absolute Gasteiger partial charge is 0.338 e. The molecule has 0 aromatic heterocycles. The molecule has 1 aliphatic heterocycles. The zero-order chi connectivity index (χ0) is 20.0. The molecule has 0 saturated heterocycles. The first kappa shape index (κ1) is 20.4. The summed E-state index contributed by atoms with van der Waals surface area (Å²) in [6.45, 7) is 1.99. The molecule has 0 saturated carbocycles. The van der Waals surface area contributed by atoms with Crippen molar-refractivity contribution in [2.24, 2.45) is 0 Å². The molecule has 2 amide bonds. The quantitative estimate of drug-likeness (QED) is 0.521. The topological polar surface area (TPSA) is 104 Å². The van der Waals surface area contributed by atoms with Crippen LogP contribution in [0.5, 0.6) is 17.2 Å². The molecule has 2 N–H and O–H groups in total. The van der Waals surface area contributed by atoms with E-state index in [1.165, 1.54) is 28.4 Å². The minimum absolute atomic E-state index is 0.0931. The highest BCUT2D eigenvalue weighted by Crippen LogP contribution is 2.40. The second kappa shape index (κ2) is 9.13. The van der Waals surface area contributed by atoms with Gasteiger partial charge in [0.25, 0.3) is 0 Å². The number of carbonyl (C=O) groups excluding carboxylic acids is 2. The maximum atomic E-state index is 12.6. The Morgan fingerprint density at radius 1 is 1.00 bits per heavy atom. The number of allylic oxidation sites excluding steroid dienone is 1. The van der Waals surface area contributed by atoms with E-state index in [2.05, 4.69) is 10.6 Å². The van der Waals surface area contributed by atoms with Gasteiger partial charge in [0.05, 0.1) is 39.6 Å². The van der Waals surface area contributed by atoms with E-state index in [1.54, 1.807) is 19.1 Å². The highest BCUT2D eigenvalue weighted by molar-refractivity contribution is 5.95. The van der Waals surface area contributed by atoms with Crippen LogP contribution in [0.4, 0.5) is 4.79 Å². The number of urea groups is 1. The summed E-state index contributed by atoms with van der Waals surface area (Å²) in [5, 5.41) is 5.32. The fraction of sp³-hybridized carbons (Fsp3) is 0.444. The number of benzene rings is 1. The van der Waals surface area contributed by atoms with E-state index < -0.39 is 18.0 Å². The molecule has 0 bridgehead atoms. The van der Waals surface area contributed by atoms with Crippen molar-refractivity contribution < 1.29 is 33.3 Å². The molecule has 0 fully saturated rings. The van der Waals surface area contributed by atoms with Crippen LogP contribution in [0.15, 0.2) is 23.4 Å². The van der Waals surface area contributed by atoms with Gasteiger partial charge in [0.2, 0.25) is 0 Å². The first-order valence-electron chi connectivity index (χ1n) is 8.21. The van der Waals surface area contributed by atoms with Crippen LogP contribution in [0.2, 0.25) is 0 Å². The van der Waals surface area contributed by atoms with Crippen LogP contribution >= 0.6 is 0 Å². The van der Waals surface area contributed by atoms with E-state index in [9.17, 15) is 9.59 Å². The molecule has 9 heteroatoms. The van der Waals surface area contributed by atoms with Crippen molar-refractivity contribution in [2.45, 2.75) is 13.0 Å². The Kier molecular flexibility index (Phi) is 6.89. The van der Waals surface area contributed by atoms with Crippen LogP contribution in [-0.2, 0) is 14.3 Å². The van der Waals surface area contributed by atoms with Crippen molar-refractivity contribution in [3.8, 4) is 17.2 Å². The molecule has 0 aliphatic carbocycles. The molecule has 148 valence electrons. The minimum atomic E-state index is -0.788. The summed E-state index contributed by atoms with van der Waals surface area (Å²) >= 11 is 0. The van der Waals surface area contributed by atoms with Gasteiger partial charge in [0.15, 0.2) is 11.5 Å². The van der Waals surface area contributed by atoms with E-state index in [1.807, 2.05) is 0 Å². The molecular weight excluding hydrogens is 356 g/mol. The number of carbonyl (C=O) groups is 2. The number of ether oxygens (including phenoxy) is 5. The number of amides is 2. The number of esters is 1. The highest BCUT2D eigenvalue weighted by atomic mass is 16.6. The van der Waals surface area contributed by atoms with E-state index in [-0.39, 0.29) is 18.8 Å². The van der Waals surface area contributed by atoms with Crippen LogP contribution in [0.3, 0.4) is 0 Å². The number of methoxy groups -OCH3 is 4. The molecule has 1 heterocycles.